The Hall–Kier alpha value is -2.57. The zero-order chi connectivity index (χ0) is 19.3. The van der Waals surface area contributed by atoms with Gasteiger partial charge in [-0.3, -0.25) is 0 Å². The number of ether oxygens (including phenoxy) is 1. The van der Waals surface area contributed by atoms with Crippen molar-refractivity contribution in [2.45, 2.75) is 23.3 Å². The van der Waals surface area contributed by atoms with E-state index in [2.05, 4.69) is 0 Å². The van der Waals surface area contributed by atoms with Crippen LogP contribution in [0.25, 0.3) is 0 Å². The molecule has 5 nitrogen and oxygen atoms in total. The molecule has 0 amide bonds. The molecule has 3 rings (SSSR count). The summed E-state index contributed by atoms with van der Waals surface area (Å²) in [7, 11) is -3.79. The first-order valence-corrected chi connectivity index (χ1v) is 9.30. The average molecular weight is 382 g/mol. The van der Waals surface area contributed by atoms with E-state index in [0.717, 1.165) is 24.5 Å². The zero-order valence-electron chi connectivity index (χ0n) is 13.5. The number of fused-ring (bicyclic) bond motifs is 1. The van der Waals surface area contributed by atoms with Crippen molar-refractivity contribution in [2.24, 2.45) is 5.73 Å². The molecule has 1 atom stereocenters. The van der Waals surface area contributed by atoms with Crippen LogP contribution in [0.3, 0.4) is 0 Å². The van der Waals surface area contributed by atoms with E-state index in [0.29, 0.717) is 0 Å². The van der Waals surface area contributed by atoms with E-state index in [1.54, 1.807) is 6.07 Å². The van der Waals surface area contributed by atoms with Gasteiger partial charge in [0.1, 0.15) is 17.3 Å². The molecule has 9 heteroatoms. The first-order chi connectivity index (χ1) is 12.0. The van der Waals surface area contributed by atoms with E-state index in [-0.39, 0.29) is 33.1 Å². The second-order valence-electron chi connectivity index (χ2n) is 6.03. The molecule has 0 saturated heterocycles. The molecule has 0 saturated carbocycles. The van der Waals surface area contributed by atoms with Gasteiger partial charge in [0, 0.05) is 29.9 Å². The van der Waals surface area contributed by atoms with Crippen molar-refractivity contribution in [1.82, 2.24) is 0 Å². The van der Waals surface area contributed by atoms with Crippen LogP contribution in [0.2, 0.25) is 0 Å². The minimum Gasteiger partial charge on any atom is -0.457 e. The van der Waals surface area contributed by atoms with Crippen molar-refractivity contribution >= 4 is 9.84 Å². The van der Waals surface area contributed by atoms with Gasteiger partial charge in [-0.25, -0.2) is 21.6 Å². The minimum absolute atomic E-state index is 0.00793. The third-order valence-corrected chi connectivity index (χ3v) is 5.24. The van der Waals surface area contributed by atoms with Gasteiger partial charge in [0.2, 0.25) is 0 Å². The van der Waals surface area contributed by atoms with Gasteiger partial charge >= 0.3 is 0 Å². The molecular weight excluding hydrogens is 369 g/mol. The first kappa shape index (κ1) is 18.2. The summed E-state index contributed by atoms with van der Waals surface area (Å²) in [5.74, 6) is -4.21. The molecule has 0 aromatic heterocycles. The van der Waals surface area contributed by atoms with Gasteiger partial charge in [0.05, 0.1) is 22.6 Å². The normalized spacial score (nSPS) is 18.2. The number of nitriles is 1. The molecule has 0 heterocycles. The Labute approximate surface area is 147 Å². The van der Waals surface area contributed by atoms with Crippen LogP contribution >= 0.6 is 0 Å². The standard InChI is InChI=1S/C17H13F3N2O3S/c1-26(23,24)14-3-2-13(12-7-17(19,20)16(22)15(12)14)25-11-5-9(8-21)4-10(18)6-11/h2-6,16H,7,22H2,1H3. The zero-order valence-corrected chi connectivity index (χ0v) is 14.3. The number of rotatable bonds is 3. The third kappa shape index (κ3) is 3.13. The molecule has 1 aliphatic rings. The lowest BCUT2D eigenvalue weighted by Gasteiger charge is -2.16. The lowest BCUT2D eigenvalue weighted by Crippen LogP contribution is -2.29. The molecule has 0 radical (unpaired) electrons. The molecule has 0 bridgehead atoms. The molecule has 0 aliphatic heterocycles. The number of sulfone groups is 1. The Morgan fingerprint density at radius 1 is 1.31 bits per heavy atom. The van der Waals surface area contributed by atoms with Gasteiger partial charge in [-0.2, -0.15) is 5.26 Å². The minimum atomic E-state index is -3.79. The van der Waals surface area contributed by atoms with Crippen molar-refractivity contribution in [2.75, 3.05) is 6.26 Å². The van der Waals surface area contributed by atoms with Gasteiger partial charge < -0.3 is 10.5 Å². The fourth-order valence-corrected chi connectivity index (χ4v) is 3.90. The fraction of sp³-hybridized carbons (Fsp3) is 0.235. The molecule has 2 N–H and O–H groups in total. The van der Waals surface area contributed by atoms with Crippen LogP contribution in [0, 0.1) is 17.1 Å². The van der Waals surface area contributed by atoms with Crippen LogP contribution in [0.1, 0.15) is 22.7 Å². The summed E-state index contributed by atoms with van der Waals surface area (Å²) in [5, 5.41) is 8.88. The third-order valence-electron chi connectivity index (χ3n) is 4.08. The lowest BCUT2D eigenvalue weighted by atomic mass is 10.1. The Bertz CT molecular complexity index is 1050. The summed E-state index contributed by atoms with van der Waals surface area (Å²) in [4.78, 5) is -0.290. The number of halogens is 3. The predicted molar refractivity (Wildman–Crippen MR) is 86.3 cm³/mol. The lowest BCUT2D eigenvalue weighted by molar-refractivity contribution is -0.0141. The Kier molecular flexibility index (Phi) is 4.21. The van der Waals surface area contributed by atoms with Crippen LogP contribution in [0.15, 0.2) is 35.2 Å². The van der Waals surface area contributed by atoms with E-state index in [1.165, 1.54) is 12.1 Å². The van der Waals surface area contributed by atoms with Gasteiger partial charge in [0.15, 0.2) is 9.84 Å². The van der Waals surface area contributed by atoms with Gasteiger partial charge in [-0.15, -0.1) is 0 Å². The quantitative estimate of drug-likeness (QED) is 0.881. The van der Waals surface area contributed by atoms with Gasteiger partial charge in [-0.05, 0) is 24.3 Å². The summed E-state index contributed by atoms with van der Waals surface area (Å²) in [6.45, 7) is 0. The molecule has 0 fully saturated rings. The van der Waals surface area contributed by atoms with E-state index in [4.69, 9.17) is 15.7 Å². The number of hydrogen-bond acceptors (Lipinski definition) is 5. The molecule has 26 heavy (non-hydrogen) atoms. The van der Waals surface area contributed by atoms with E-state index < -0.39 is 34.0 Å². The smallest absolute Gasteiger partial charge is 0.271 e. The Morgan fingerprint density at radius 3 is 2.62 bits per heavy atom. The van der Waals surface area contributed by atoms with Crippen LogP contribution < -0.4 is 10.5 Å². The number of nitrogens with zero attached hydrogens (tertiary/aromatic N) is 1. The molecule has 2 aromatic carbocycles. The highest BCUT2D eigenvalue weighted by atomic mass is 32.2. The number of benzene rings is 2. The van der Waals surface area contributed by atoms with Crippen LogP contribution in [-0.2, 0) is 16.3 Å². The van der Waals surface area contributed by atoms with Gasteiger partial charge in [-0.1, -0.05) is 0 Å². The maximum atomic E-state index is 14.1. The topological polar surface area (TPSA) is 93.2 Å². The van der Waals surface area contributed by atoms with Gasteiger partial charge in [0.25, 0.3) is 5.92 Å². The summed E-state index contributed by atoms with van der Waals surface area (Å²) >= 11 is 0. The van der Waals surface area contributed by atoms with Crippen molar-refractivity contribution in [3.05, 3.63) is 52.8 Å². The summed E-state index contributed by atoms with van der Waals surface area (Å²) < 4.78 is 71.1. The highest BCUT2D eigenvalue weighted by molar-refractivity contribution is 7.90. The Morgan fingerprint density at radius 2 is 2.00 bits per heavy atom. The van der Waals surface area contributed by atoms with Crippen molar-refractivity contribution in [1.29, 1.82) is 5.26 Å². The largest absolute Gasteiger partial charge is 0.457 e. The maximum Gasteiger partial charge on any atom is 0.271 e. The van der Waals surface area contributed by atoms with Crippen molar-refractivity contribution in [3.8, 4) is 17.6 Å². The van der Waals surface area contributed by atoms with Crippen molar-refractivity contribution < 1.29 is 26.3 Å². The van der Waals surface area contributed by atoms with Crippen molar-refractivity contribution in [3.63, 3.8) is 0 Å². The van der Waals surface area contributed by atoms with E-state index >= 15 is 0 Å². The maximum absolute atomic E-state index is 14.1. The molecule has 1 unspecified atom stereocenters. The number of nitrogens with two attached hydrogens (primary N) is 1. The molecule has 0 spiro atoms. The van der Waals surface area contributed by atoms with Crippen LogP contribution in [0.4, 0.5) is 13.2 Å². The summed E-state index contributed by atoms with van der Waals surface area (Å²) in [6, 6.07) is 5.54. The molecule has 136 valence electrons. The SMILES string of the molecule is CS(=O)(=O)c1ccc(Oc2cc(F)cc(C#N)c2)c2c1C(N)C(F)(F)C2. The Balaban J connectivity index is 2.15. The number of hydrogen-bond donors (Lipinski definition) is 1. The van der Waals surface area contributed by atoms with Crippen LogP contribution in [0.5, 0.6) is 11.5 Å². The first-order valence-electron chi connectivity index (χ1n) is 7.41. The highest BCUT2D eigenvalue weighted by Gasteiger charge is 2.49. The second-order valence-corrected chi connectivity index (χ2v) is 8.02. The number of alkyl halides is 2. The average Bonchev–Trinajstić information content (AvgIpc) is 2.77. The molecule has 2 aromatic rings. The monoisotopic (exact) mass is 382 g/mol. The molecular formula is C17H13F3N2O3S. The van der Waals surface area contributed by atoms with E-state index in [9.17, 15) is 21.6 Å². The second kappa shape index (κ2) is 6.00. The molecule has 1 aliphatic carbocycles. The van der Waals surface area contributed by atoms with Crippen LogP contribution in [-0.4, -0.2) is 20.6 Å². The fourth-order valence-electron chi connectivity index (χ4n) is 2.94. The van der Waals surface area contributed by atoms with E-state index in [1.807, 2.05) is 0 Å². The summed E-state index contributed by atoms with van der Waals surface area (Å²) in [5.41, 5.74) is 5.32. The highest BCUT2D eigenvalue weighted by Crippen LogP contribution is 2.48. The predicted octanol–water partition coefficient (Wildman–Crippen LogP) is 3.08. The summed E-state index contributed by atoms with van der Waals surface area (Å²) in [6.07, 6.45) is 0.0979.